The summed E-state index contributed by atoms with van der Waals surface area (Å²) in [7, 11) is 1.84. The third-order valence-electron chi connectivity index (χ3n) is 3.21. The lowest BCUT2D eigenvalue weighted by molar-refractivity contribution is 0.378. The summed E-state index contributed by atoms with van der Waals surface area (Å²) in [6.45, 7) is 0.389. The lowest BCUT2D eigenvalue weighted by Gasteiger charge is -2.16. The van der Waals surface area contributed by atoms with Gasteiger partial charge in [-0.2, -0.15) is 4.98 Å². The van der Waals surface area contributed by atoms with Crippen LogP contribution in [0, 0.1) is 11.6 Å². The fourth-order valence-electron chi connectivity index (χ4n) is 2.03. The molecule has 3 rings (SSSR count). The summed E-state index contributed by atoms with van der Waals surface area (Å²) >= 11 is 0. The van der Waals surface area contributed by atoms with Crippen molar-refractivity contribution < 1.29 is 13.3 Å². The van der Waals surface area contributed by atoms with Crippen molar-refractivity contribution in [2.24, 2.45) is 0 Å². The van der Waals surface area contributed by atoms with Gasteiger partial charge in [-0.15, -0.1) is 0 Å². The van der Waals surface area contributed by atoms with Crippen LogP contribution >= 0.6 is 0 Å². The molecule has 0 N–H and O–H groups in total. The van der Waals surface area contributed by atoms with Crippen LogP contribution in [0.5, 0.6) is 0 Å². The van der Waals surface area contributed by atoms with Crippen LogP contribution in [0.25, 0.3) is 11.4 Å². The number of aromatic nitrogens is 2. The molecular formula is C16H13F2N3O. The molecule has 0 spiro atoms. The van der Waals surface area contributed by atoms with Crippen molar-refractivity contribution in [2.75, 3.05) is 11.9 Å². The Morgan fingerprint density at radius 2 is 1.55 bits per heavy atom. The first-order chi connectivity index (χ1) is 10.6. The van der Waals surface area contributed by atoms with Crippen LogP contribution in [-0.4, -0.2) is 17.2 Å². The Kier molecular flexibility index (Phi) is 3.82. The molecule has 6 heteroatoms. The van der Waals surface area contributed by atoms with Crippen LogP contribution in [-0.2, 0) is 6.54 Å². The largest absolute Gasteiger partial charge is 0.365 e. The molecular weight excluding hydrogens is 288 g/mol. The predicted octanol–water partition coefficient (Wildman–Crippen LogP) is 3.65. The molecule has 0 aliphatic rings. The maximum absolute atomic E-state index is 12.9. The zero-order valence-corrected chi connectivity index (χ0v) is 11.8. The number of nitrogens with zero attached hydrogens (tertiary/aromatic N) is 3. The van der Waals surface area contributed by atoms with Gasteiger partial charge in [-0.25, -0.2) is 8.78 Å². The molecule has 0 aliphatic heterocycles. The number of anilines is 1. The SMILES string of the molecule is CN(Cc1nc(-c2ccc(F)cc2)no1)c1ccc(F)cc1. The molecule has 0 fully saturated rings. The summed E-state index contributed by atoms with van der Waals surface area (Å²) in [5, 5.41) is 3.88. The second kappa shape index (κ2) is 5.93. The molecule has 0 bridgehead atoms. The van der Waals surface area contributed by atoms with E-state index in [4.69, 9.17) is 4.52 Å². The van der Waals surface area contributed by atoms with Crippen LogP contribution in [0.2, 0.25) is 0 Å². The van der Waals surface area contributed by atoms with Crippen molar-refractivity contribution in [2.45, 2.75) is 6.54 Å². The van der Waals surface area contributed by atoms with E-state index in [1.54, 1.807) is 24.3 Å². The number of benzene rings is 2. The lowest BCUT2D eigenvalue weighted by atomic mass is 10.2. The molecule has 0 saturated carbocycles. The molecule has 0 amide bonds. The highest BCUT2D eigenvalue weighted by Crippen LogP contribution is 2.19. The minimum absolute atomic E-state index is 0.284. The fourth-order valence-corrected chi connectivity index (χ4v) is 2.03. The average molecular weight is 301 g/mol. The molecule has 0 radical (unpaired) electrons. The van der Waals surface area contributed by atoms with Gasteiger partial charge < -0.3 is 9.42 Å². The monoisotopic (exact) mass is 301 g/mol. The molecule has 4 nitrogen and oxygen atoms in total. The van der Waals surface area contributed by atoms with E-state index in [0.29, 0.717) is 23.8 Å². The summed E-state index contributed by atoms with van der Waals surface area (Å²) in [6.07, 6.45) is 0. The van der Waals surface area contributed by atoms with Crippen molar-refractivity contribution in [1.82, 2.24) is 10.1 Å². The first kappa shape index (κ1) is 14.2. The third-order valence-corrected chi connectivity index (χ3v) is 3.21. The molecule has 3 aromatic rings. The van der Waals surface area contributed by atoms with Gasteiger partial charge in [0.15, 0.2) is 0 Å². The van der Waals surface area contributed by atoms with Crippen molar-refractivity contribution >= 4 is 5.69 Å². The second-order valence-corrected chi connectivity index (χ2v) is 4.85. The van der Waals surface area contributed by atoms with Gasteiger partial charge in [0.25, 0.3) is 0 Å². The highest BCUT2D eigenvalue weighted by molar-refractivity contribution is 5.54. The average Bonchev–Trinajstić information content (AvgIpc) is 2.97. The maximum atomic E-state index is 12.9. The van der Waals surface area contributed by atoms with Crippen LogP contribution in [0.1, 0.15) is 5.89 Å². The van der Waals surface area contributed by atoms with E-state index in [1.807, 2.05) is 11.9 Å². The molecule has 0 saturated heterocycles. The zero-order chi connectivity index (χ0) is 15.5. The number of rotatable bonds is 4. The van der Waals surface area contributed by atoms with Gasteiger partial charge in [-0.3, -0.25) is 0 Å². The van der Waals surface area contributed by atoms with Gasteiger partial charge >= 0.3 is 0 Å². The topological polar surface area (TPSA) is 42.2 Å². The van der Waals surface area contributed by atoms with E-state index in [0.717, 1.165) is 5.69 Å². The first-order valence-corrected chi connectivity index (χ1v) is 6.67. The zero-order valence-electron chi connectivity index (χ0n) is 11.8. The Bertz CT molecular complexity index is 754. The normalized spacial score (nSPS) is 10.7. The van der Waals surface area contributed by atoms with Crippen molar-refractivity contribution in [1.29, 1.82) is 0 Å². The Balaban J connectivity index is 1.73. The molecule has 1 heterocycles. The molecule has 0 atom stereocenters. The van der Waals surface area contributed by atoms with E-state index in [2.05, 4.69) is 10.1 Å². The molecule has 112 valence electrons. The quantitative estimate of drug-likeness (QED) is 0.737. The summed E-state index contributed by atoms with van der Waals surface area (Å²) in [5.41, 5.74) is 1.52. The summed E-state index contributed by atoms with van der Waals surface area (Å²) in [5.74, 6) is 0.228. The summed E-state index contributed by atoms with van der Waals surface area (Å²) < 4.78 is 31.0. The summed E-state index contributed by atoms with van der Waals surface area (Å²) in [4.78, 5) is 6.14. The number of hydrogen-bond acceptors (Lipinski definition) is 4. The van der Waals surface area contributed by atoms with E-state index in [-0.39, 0.29) is 11.6 Å². The third kappa shape index (κ3) is 3.11. The fraction of sp³-hybridized carbons (Fsp3) is 0.125. The van der Waals surface area contributed by atoms with Crippen LogP contribution in [0.3, 0.4) is 0 Å². The molecule has 22 heavy (non-hydrogen) atoms. The first-order valence-electron chi connectivity index (χ1n) is 6.67. The van der Waals surface area contributed by atoms with Gasteiger partial charge in [0.05, 0.1) is 6.54 Å². The van der Waals surface area contributed by atoms with Gasteiger partial charge in [0.2, 0.25) is 11.7 Å². The number of hydrogen-bond donors (Lipinski definition) is 0. The standard InChI is InChI=1S/C16H13F2N3O/c1-21(14-8-6-13(18)7-9-14)10-15-19-16(20-22-15)11-2-4-12(17)5-3-11/h2-9H,10H2,1H3. The molecule has 2 aromatic carbocycles. The van der Waals surface area contributed by atoms with E-state index in [9.17, 15) is 8.78 Å². The Morgan fingerprint density at radius 1 is 0.955 bits per heavy atom. The lowest BCUT2D eigenvalue weighted by Crippen LogP contribution is -2.16. The smallest absolute Gasteiger partial charge is 0.246 e. The Morgan fingerprint density at radius 3 is 2.18 bits per heavy atom. The molecule has 0 unspecified atom stereocenters. The van der Waals surface area contributed by atoms with Crippen molar-refractivity contribution in [3.05, 3.63) is 66.1 Å². The minimum atomic E-state index is -0.316. The van der Waals surface area contributed by atoms with Gasteiger partial charge in [0, 0.05) is 18.3 Å². The number of halogens is 2. The van der Waals surface area contributed by atoms with E-state index >= 15 is 0 Å². The van der Waals surface area contributed by atoms with Gasteiger partial charge in [0.1, 0.15) is 11.6 Å². The molecule has 1 aromatic heterocycles. The second-order valence-electron chi connectivity index (χ2n) is 4.85. The highest BCUT2D eigenvalue weighted by atomic mass is 19.1. The van der Waals surface area contributed by atoms with Crippen LogP contribution in [0.4, 0.5) is 14.5 Å². The van der Waals surface area contributed by atoms with E-state index in [1.165, 1.54) is 24.3 Å². The Labute approximate surface area is 126 Å². The van der Waals surface area contributed by atoms with E-state index < -0.39 is 0 Å². The van der Waals surface area contributed by atoms with Crippen molar-refractivity contribution in [3.63, 3.8) is 0 Å². The van der Waals surface area contributed by atoms with Gasteiger partial charge in [-0.05, 0) is 48.5 Å². The van der Waals surface area contributed by atoms with Crippen LogP contribution < -0.4 is 4.90 Å². The predicted molar refractivity (Wildman–Crippen MR) is 78.2 cm³/mol. The van der Waals surface area contributed by atoms with Gasteiger partial charge in [-0.1, -0.05) is 5.16 Å². The van der Waals surface area contributed by atoms with Crippen molar-refractivity contribution in [3.8, 4) is 11.4 Å². The highest BCUT2D eigenvalue weighted by Gasteiger charge is 2.11. The maximum Gasteiger partial charge on any atom is 0.246 e. The molecule has 0 aliphatic carbocycles. The summed E-state index contributed by atoms with van der Waals surface area (Å²) in [6, 6.07) is 12.0. The van der Waals surface area contributed by atoms with Crippen LogP contribution in [0.15, 0.2) is 53.1 Å². The minimum Gasteiger partial charge on any atom is -0.365 e. The Hall–Kier alpha value is -2.76.